The van der Waals surface area contributed by atoms with E-state index >= 15 is 0 Å². The van der Waals surface area contributed by atoms with Crippen LogP contribution in [0.25, 0.3) is 0 Å². The van der Waals surface area contributed by atoms with Crippen LogP contribution in [0.4, 0.5) is 0 Å². The molecule has 0 spiro atoms. The molecule has 1 aliphatic rings. The largest absolute Gasteiger partial charge is 0.345 e. The first kappa shape index (κ1) is 15.0. The van der Waals surface area contributed by atoms with Crippen molar-refractivity contribution in [3.63, 3.8) is 0 Å². The van der Waals surface area contributed by atoms with Crippen LogP contribution in [-0.4, -0.2) is 43.5 Å². The standard InChI is InChI=1S/C13H25N3O2/c1-4-10(3)15-13(18)12(17)14-9-11-7-6-8-16(11)5-2/h10-11H,4-9H2,1-3H3,(H,14,17)(H,15,18)/p+1/t10-,11-/m1/s1. The third-order valence-electron chi connectivity index (χ3n) is 3.79. The van der Waals surface area contributed by atoms with Crippen LogP contribution in [0.15, 0.2) is 0 Å². The number of likely N-dealkylation sites (N-methyl/N-ethyl adjacent to an activating group) is 1. The summed E-state index contributed by atoms with van der Waals surface area (Å²) in [5.74, 6) is -1.02. The number of amides is 2. The molecule has 0 aromatic rings. The molecule has 1 heterocycles. The predicted molar refractivity (Wildman–Crippen MR) is 70.3 cm³/mol. The molecular formula is C13H26N3O2+. The molecular weight excluding hydrogens is 230 g/mol. The zero-order valence-corrected chi connectivity index (χ0v) is 11.7. The second-order valence-corrected chi connectivity index (χ2v) is 5.09. The summed E-state index contributed by atoms with van der Waals surface area (Å²) < 4.78 is 0. The number of hydrogen-bond acceptors (Lipinski definition) is 2. The minimum Gasteiger partial charge on any atom is -0.345 e. The zero-order valence-electron chi connectivity index (χ0n) is 11.7. The van der Waals surface area contributed by atoms with Gasteiger partial charge in [-0.25, -0.2) is 0 Å². The molecule has 5 heteroatoms. The lowest BCUT2D eigenvalue weighted by atomic mass is 10.2. The first-order valence-electron chi connectivity index (χ1n) is 7.01. The van der Waals surface area contributed by atoms with E-state index in [0.29, 0.717) is 12.6 Å². The summed E-state index contributed by atoms with van der Waals surface area (Å²) >= 11 is 0. The van der Waals surface area contributed by atoms with Crippen LogP contribution in [0.5, 0.6) is 0 Å². The number of hydrogen-bond donors (Lipinski definition) is 3. The van der Waals surface area contributed by atoms with E-state index in [-0.39, 0.29) is 6.04 Å². The maximum atomic E-state index is 11.6. The van der Waals surface area contributed by atoms with Gasteiger partial charge in [-0.15, -0.1) is 0 Å². The van der Waals surface area contributed by atoms with Crippen LogP contribution in [0, 0.1) is 0 Å². The van der Waals surface area contributed by atoms with Crippen molar-refractivity contribution < 1.29 is 14.5 Å². The predicted octanol–water partition coefficient (Wildman–Crippen LogP) is -0.915. The van der Waals surface area contributed by atoms with Crippen molar-refractivity contribution in [1.82, 2.24) is 10.6 Å². The van der Waals surface area contributed by atoms with E-state index in [9.17, 15) is 9.59 Å². The van der Waals surface area contributed by atoms with Gasteiger partial charge in [0.15, 0.2) is 0 Å². The molecule has 0 radical (unpaired) electrons. The lowest BCUT2D eigenvalue weighted by Gasteiger charge is -2.20. The fraction of sp³-hybridized carbons (Fsp3) is 0.846. The summed E-state index contributed by atoms with van der Waals surface area (Å²) in [6, 6.07) is 0.517. The van der Waals surface area contributed by atoms with Gasteiger partial charge in [0.2, 0.25) is 0 Å². The summed E-state index contributed by atoms with van der Waals surface area (Å²) in [7, 11) is 0. The van der Waals surface area contributed by atoms with Crippen molar-refractivity contribution in [1.29, 1.82) is 0 Å². The summed E-state index contributed by atoms with van der Waals surface area (Å²) in [5.41, 5.74) is 0. The minimum absolute atomic E-state index is 0.0486. The second kappa shape index (κ2) is 7.36. The Kier molecular flexibility index (Phi) is 6.12. The Hall–Kier alpha value is -1.10. The van der Waals surface area contributed by atoms with Crippen LogP contribution in [0.3, 0.4) is 0 Å². The van der Waals surface area contributed by atoms with Crippen LogP contribution >= 0.6 is 0 Å². The summed E-state index contributed by atoms with van der Waals surface area (Å²) in [6.45, 7) is 8.89. The van der Waals surface area contributed by atoms with Crippen molar-refractivity contribution in [3.05, 3.63) is 0 Å². The van der Waals surface area contributed by atoms with Crippen molar-refractivity contribution in [2.75, 3.05) is 19.6 Å². The second-order valence-electron chi connectivity index (χ2n) is 5.09. The highest BCUT2D eigenvalue weighted by atomic mass is 16.2. The summed E-state index contributed by atoms with van der Waals surface area (Å²) in [6.07, 6.45) is 3.18. The van der Waals surface area contributed by atoms with Gasteiger partial charge in [-0.05, 0) is 20.3 Å². The zero-order chi connectivity index (χ0) is 13.5. The molecule has 1 unspecified atom stereocenters. The lowest BCUT2D eigenvalue weighted by Crippen LogP contribution is -3.14. The normalized spacial score (nSPS) is 24.6. The Morgan fingerprint density at radius 3 is 2.67 bits per heavy atom. The smallest absolute Gasteiger partial charge is 0.309 e. The molecule has 5 nitrogen and oxygen atoms in total. The molecule has 0 saturated carbocycles. The van der Waals surface area contributed by atoms with E-state index < -0.39 is 11.8 Å². The summed E-state index contributed by atoms with van der Waals surface area (Å²) in [5, 5.41) is 5.42. The number of carbonyl (C=O) groups excluding carboxylic acids is 2. The molecule has 1 fully saturated rings. The van der Waals surface area contributed by atoms with Crippen LogP contribution in [0.2, 0.25) is 0 Å². The molecule has 0 aliphatic carbocycles. The van der Waals surface area contributed by atoms with Crippen LogP contribution in [-0.2, 0) is 9.59 Å². The molecule has 104 valence electrons. The van der Waals surface area contributed by atoms with E-state index in [1.165, 1.54) is 17.9 Å². The van der Waals surface area contributed by atoms with Crippen molar-refractivity contribution >= 4 is 11.8 Å². The van der Waals surface area contributed by atoms with Gasteiger partial charge in [0.05, 0.1) is 19.6 Å². The molecule has 0 aromatic carbocycles. The monoisotopic (exact) mass is 256 g/mol. The number of likely N-dealkylation sites (tertiary alicyclic amines) is 1. The molecule has 3 N–H and O–H groups in total. The quantitative estimate of drug-likeness (QED) is 0.557. The average molecular weight is 256 g/mol. The van der Waals surface area contributed by atoms with E-state index in [4.69, 9.17) is 0 Å². The fourth-order valence-electron chi connectivity index (χ4n) is 2.38. The Bertz CT molecular complexity index is 294. The topological polar surface area (TPSA) is 62.6 Å². The van der Waals surface area contributed by atoms with Gasteiger partial charge in [-0.3, -0.25) is 9.59 Å². The minimum atomic E-state index is -0.514. The SMILES string of the molecule is CC[C@@H](C)NC(=O)C(=O)NC[C@H]1CCC[NH+]1CC. The van der Waals surface area contributed by atoms with Gasteiger partial charge in [0.1, 0.15) is 6.04 Å². The van der Waals surface area contributed by atoms with E-state index in [0.717, 1.165) is 19.4 Å². The van der Waals surface area contributed by atoms with E-state index in [2.05, 4.69) is 17.6 Å². The molecule has 1 aliphatic heterocycles. The van der Waals surface area contributed by atoms with Crippen LogP contribution < -0.4 is 15.5 Å². The van der Waals surface area contributed by atoms with Gasteiger partial charge in [-0.1, -0.05) is 6.92 Å². The van der Waals surface area contributed by atoms with Crippen molar-refractivity contribution in [3.8, 4) is 0 Å². The maximum absolute atomic E-state index is 11.6. The third-order valence-corrected chi connectivity index (χ3v) is 3.79. The van der Waals surface area contributed by atoms with Gasteiger partial charge in [0.25, 0.3) is 0 Å². The Morgan fingerprint density at radius 2 is 2.06 bits per heavy atom. The van der Waals surface area contributed by atoms with Crippen molar-refractivity contribution in [2.24, 2.45) is 0 Å². The van der Waals surface area contributed by atoms with Gasteiger partial charge < -0.3 is 15.5 Å². The highest BCUT2D eigenvalue weighted by Crippen LogP contribution is 1.98. The molecule has 0 bridgehead atoms. The number of carbonyl (C=O) groups is 2. The van der Waals surface area contributed by atoms with Gasteiger partial charge in [0, 0.05) is 18.9 Å². The van der Waals surface area contributed by atoms with Crippen molar-refractivity contribution in [2.45, 2.75) is 52.1 Å². The van der Waals surface area contributed by atoms with E-state index in [1.54, 1.807) is 0 Å². The maximum Gasteiger partial charge on any atom is 0.309 e. The highest BCUT2D eigenvalue weighted by Gasteiger charge is 2.28. The average Bonchev–Trinajstić information content (AvgIpc) is 2.82. The first-order chi connectivity index (χ1) is 8.58. The Labute approximate surface area is 109 Å². The van der Waals surface area contributed by atoms with Crippen LogP contribution in [0.1, 0.15) is 40.0 Å². The molecule has 3 atom stereocenters. The number of quaternary nitrogens is 1. The number of rotatable bonds is 5. The molecule has 2 amide bonds. The van der Waals surface area contributed by atoms with Gasteiger partial charge >= 0.3 is 11.8 Å². The lowest BCUT2D eigenvalue weighted by molar-refractivity contribution is -0.909. The van der Waals surface area contributed by atoms with Gasteiger partial charge in [-0.2, -0.15) is 0 Å². The molecule has 1 rings (SSSR count). The van der Waals surface area contributed by atoms with E-state index in [1.807, 2.05) is 13.8 Å². The summed E-state index contributed by atoms with van der Waals surface area (Å²) in [4.78, 5) is 24.7. The fourth-order valence-corrected chi connectivity index (χ4v) is 2.38. The molecule has 0 aromatic heterocycles. The third kappa shape index (κ3) is 4.29. The Balaban J connectivity index is 2.30. The first-order valence-corrected chi connectivity index (χ1v) is 7.01. The molecule has 1 saturated heterocycles. The number of nitrogens with one attached hydrogen (secondary N) is 3. The highest BCUT2D eigenvalue weighted by molar-refractivity contribution is 6.35. The Morgan fingerprint density at radius 1 is 1.33 bits per heavy atom. The molecule has 18 heavy (non-hydrogen) atoms.